The monoisotopic (exact) mass is 405 g/mol. The van der Waals surface area contributed by atoms with Gasteiger partial charge in [0.2, 0.25) is 0 Å². The summed E-state index contributed by atoms with van der Waals surface area (Å²) in [5, 5.41) is 14.8. The van der Waals surface area contributed by atoms with E-state index in [-0.39, 0.29) is 18.1 Å². The van der Waals surface area contributed by atoms with Crippen LogP contribution >= 0.6 is 0 Å². The third kappa shape index (κ3) is 3.97. The summed E-state index contributed by atoms with van der Waals surface area (Å²) in [5.41, 5.74) is 3.76. The van der Waals surface area contributed by atoms with Crippen molar-refractivity contribution in [3.05, 3.63) is 65.2 Å². The molecule has 2 heterocycles. The highest BCUT2D eigenvalue weighted by Crippen LogP contribution is 2.27. The minimum Gasteiger partial charge on any atom is -0.478 e. The smallest absolute Gasteiger partial charge is 0.335 e. The molecule has 1 fully saturated rings. The average molecular weight is 405 g/mol. The number of ether oxygens (including phenoxy) is 1. The summed E-state index contributed by atoms with van der Waals surface area (Å²) in [4.78, 5) is 26.5. The van der Waals surface area contributed by atoms with Crippen LogP contribution in [-0.2, 0) is 9.53 Å². The van der Waals surface area contributed by atoms with Crippen LogP contribution in [0.1, 0.15) is 28.8 Å². The first-order chi connectivity index (χ1) is 14.6. The summed E-state index contributed by atoms with van der Waals surface area (Å²) in [6.07, 6.45) is 4.26. The molecular formula is C23H23N3O4. The normalized spacial score (nSPS) is 17.7. The van der Waals surface area contributed by atoms with E-state index in [1.54, 1.807) is 19.2 Å². The second-order valence-corrected chi connectivity index (χ2v) is 7.29. The molecule has 0 aromatic heterocycles. The van der Waals surface area contributed by atoms with Crippen molar-refractivity contribution < 1.29 is 19.4 Å². The number of carboxylic acids is 1. The first-order valence-electron chi connectivity index (χ1n) is 9.88. The van der Waals surface area contributed by atoms with Crippen LogP contribution in [0.15, 0.2) is 59.2 Å². The van der Waals surface area contributed by atoms with Crippen LogP contribution < -0.4 is 9.91 Å². The zero-order chi connectivity index (χ0) is 21.1. The Morgan fingerprint density at radius 3 is 2.30 bits per heavy atom. The fraction of sp³-hybridized carbons (Fsp3) is 0.261. The van der Waals surface area contributed by atoms with Crippen molar-refractivity contribution in [3.63, 3.8) is 0 Å². The number of anilines is 2. The van der Waals surface area contributed by atoms with Gasteiger partial charge in [0, 0.05) is 25.9 Å². The van der Waals surface area contributed by atoms with Gasteiger partial charge < -0.3 is 14.7 Å². The van der Waals surface area contributed by atoms with Crippen LogP contribution in [0.5, 0.6) is 0 Å². The summed E-state index contributed by atoms with van der Waals surface area (Å²) < 4.78 is 5.23. The number of benzene rings is 2. The Labute approximate surface area is 174 Å². The summed E-state index contributed by atoms with van der Waals surface area (Å²) in [5.74, 6) is -1.29. The number of aromatic carboxylic acids is 1. The van der Waals surface area contributed by atoms with Gasteiger partial charge in [0.1, 0.15) is 0 Å². The number of hydrogen-bond acceptors (Lipinski definition) is 5. The van der Waals surface area contributed by atoms with Crippen molar-refractivity contribution in [3.8, 4) is 0 Å². The number of carbonyl (C=O) groups is 2. The van der Waals surface area contributed by atoms with Crippen LogP contribution in [0.2, 0.25) is 0 Å². The van der Waals surface area contributed by atoms with E-state index in [9.17, 15) is 9.59 Å². The van der Waals surface area contributed by atoms with Gasteiger partial charge in [-0.3, -0.25) is 4.79 Å². The van der Waals surface area contributed by atoms with E-state index in [1.165, 1.54) is 35.7 Å². The Hall–Kier alpha value is -3.45. The SMILES string of the molecule is COCC1=NN(c2ccc(C(=O)O)cc2)C(=O)/C1=C\c1ccc(N2CCCC2)cc1. The molecule has 0 bridgehead atoms. The molecule has 4 rings (SSSR count). The fourth-order valence-electron chi connectivity index (χ4n) is 3.69. The molecule has 2 aromatic rings. The number of methoxy groups -OCH3 is 1. The molecule has 0 spiro atoms. The van der Waals surface area contributed by atoms with Crippen molar-refractivity contribution in [1.29, 1.82) is 0 Å². The van der Waals surface area contributed by atoms with Gasteiger partial charge in [-0.1, -0.05) is 12.1 Å². The lowest BCUT2D eigenvalue weighted by molar-refractivity contribution is -0.114. The van der Waals surface area contributed by atoms with Gasteiger partial charge in [0.15, 0.2) is 0 Å². The lowest BCUT2D eigenvalue weighted by Crippen LogP contribution is -2.21. The van der Waals surface area contributed by atoms with Gasteiger partial charge >= 0.3 is 5.97 Å². The van der Waals surface area contributed by atoms with Crippen molar-refractivity contribution >= 4 is 35.0 Å². The minimum absolute atomic E-state index is 0.153. The number of carbonyl (C=O) groups excluding carboxylic acids is 1. The molecule has 7 heteroatoms. The number of rotatable bonds is 6. The molecule has 1 amide bonds. The number of carboxylic acid groups (broad SMARTS) is 1. The number of amides is 1. The van der Waals surface area contributed by atoms with E-state index in [0.717, 1.165) is 18.7 Å². The van der Waals surface area contributed by atoms with Crippen molar-refractivity contribution in [2.45, 2.75) is 12.8 Å². The molecule has 30 heavy (non-hydrogen) atoms. The maximum Gasteiger partial charge on any atom is 0.335 e. The Morgan fingerprint density at radius 2 is 1.70 bits per heavy atom. The van der Waals surface area contributed by atoms with Gasteiger partial charge in [-0.05, 0) is 60.9 Å². The van der Waals surface area contributed by atoms with E-state index >= 15 is 0 Å². The zero-order valence-corrected chi connectivity index (χ0v) is 16.7. The highest BCUT2D eigenvalue weighted by atomic mass is 16.5. The van der Waals surface area contributed by atoms with Crippen LogP contribution in [0.3, 0.4) is 0 Å². The average Bonchev–Trinajstić information content (AvgIpc) is 3.39. The largest absolute Gasteiger partial charge is 0.478 e. The van der Waals surface area contributed by atoms with Crippen LogP contribution in [0.25, 0.3) is 6.08 Å². The topological polar surface area (TPSA) is 82.4 Å². The van der Waals surface area contributed by atoms with Crippen molar-refractivity contribution in [2.24, 2.45) is 5.10 Å². The number of hydrogen-bond donors (Lipinski definition) is 1. The highest BCUT2D eigenvalue weighted by molar-refractivity contribution is 6.33. The molecule has 154 valence electrons. The predicted molar refractivity (Wildman–Crippen MR) is 116 cm³/mol. The Balaban J connectivity index is 1.59. The van der Waals surface area contributed by atoms with E-state index in [1.807, 2.05) is 18.2 Å². The summed E-state index contributed by atoms with van der Waals surface area (Å²) in [7, 11) is 1.56. The second-order valence-electron chi connectivity index (χ2n) is 7.29. The molecule has 2 aromatic carbocycles. The minimum atomic E-state index is -1.02. The first-order valence-corrected chi connectivity index (χ1v) is 9.88. The van der Waals surface area contributed by atoms with Gasteiger partial charge in [-0.15, -0.1) is 0 Å². The predicted octanol–water partition coefficient (Wildman–Crippen LogP) is 3.42. The Morgan fingerprint density at radius 1 is 1.07 bits per heavy atom. The molecule has 0 radical (unpaired) electrons. The Bertz CT molecular complexity index is 1000. The second kappa shape index (κ2) is 8.51. The van der Waals surface area contributed by atoms with Crippen molar-refractivity contribution in [2.75, 3.05) is 36.7 Å². The summed E-state index contributed by atoms with van der Waals surface area (Å²) in [6, 6.07) is 14.2. The molecule has 0 aliphatic carbocycles. The van der Waals surface area contributed by atoms with Gasteiger partial charge in [-0.2, -0.15) is 10.1 Å². The molecule has 7 nitrogen and oxygen atoms in total. The molecule has 0 unspecified atom stereocenters. The van der Waals surface area contributed by atoms with Crippen LogP contribution in [0.4, 0.5) is 11.4 Å². The zero-order valence-electron chi connectivity index (χ0n) is 16.7. The summed E-state index contributed by atoms with van der Waals surface area (Å²) >= 11 is 0. The van der Waals surface area contributed by atoms with Crippen LogP contribution in [-0.4, -0.2) is 49.5 Å². The van der Waals surface area contributed by atoms with E-state index in [2.05, 4.69) is 22.1 Å². The standard InChI is InChI=1S/C23H23N3O4/c1-30-15-21-20(14-16-4-8-18(9-5-16)25-12-2-3-13-25)22(27)26(24-21)19-10-6-17(7-11-19)23(28)29/h4-11,14H,2-3,12-13,15H2,1H3,(H,28,29)/b20-14-. The van der Waals surface area contributed by atoms with E-state index in [4.69, 9.17) is 9.84 Å². The van der Waals surface area contributed by atoms with Gasteiger partial charge in [-0.25, -0.2) is 4.79 Å². The maximum atomic E-state index is 13.1. The van der Waals surface area contributed by atoms with E-state index in [0.29, 0.717) is 17.0 Å². The molecule has 1 saturated heterocycles. The first kappa shape index (κ1) is 19.8. The third-order valence-corrected chi connectivity index (χ3v) is 5.27. The summed E-state index contributed by atoms with van der Waals surface area (Å²) in [6.45, 7) is 2.37. The maximum absolute atomic E-state index is 13.1. The third-order valence-electron chi connectivity index (χ3n) is 5.27. The number of hydrazone groups is 1. The Kier molecular flexibility index (Phi) is 5.63. The molecule has 2 aliphatic rings. The molecule has 1 N–H and O–H groups in total. The fourth-order valence-corrected chi connectivity index (χ4v) is 3.69. The highest BCUT2D eigenvalue weighted by Gasteiger charge is 2.31. The van der Waals surface area contributed by atoms with E-state index < -0.39 is 5.97 Å². The van der Waals surface area contributed by atoms with Gasteiger partial charge in [0.25, 0.3) is 5.91 Å². The lowest BCUT2D eigenvalue weighted by Gasteiger charge is -2.17. The quantitative estimate of drug-likeness (QED) is 0.745. The molecular weight excluding hydrogens is 382 g/mol. The molecule has 2 aliphatic heterocycles. The van der Waals surface area contributed by atoms with Gasteiger partial charge in [0.05, 0.1) is 29.1 Å². The molecule has 0 atom stereocenters. The van der Waals surface area contributed by atoms with Crippen molar-refractivity contribution in [1.82, 2.24) is 0 Å². The number of nitrogens with zero attached hydrogens (tertiary/aromatic N) is 3. The lowest BCUT2D eigenvalue weighted by atomic mass is 10.1. The van der Waals surface area contributed by atoms with Crippen LogP contribution in [0, 0.1) is 0 Å². The molecule has 0 saturated carbocycles.